The highest BCUT2D eigenvalue weighted by Crippen LogP contribution is 2.23. The molecule has 0 saturated heterocycles. The molecule has 0 fully saturated rings. The standard InChI is InChI=1S/C19H15N5OS/c1-13-21-22-19(26-13)20-18(25)17-12-16(14-8-4-2-5-9-14)23-24(17)15-10-6-3-7-11-15/h2-12H,1H3,(H,20,22,25). The van der Waals surface area contributed by atoms with Crippen molar-refractivity contribution in [3.63, 3.8) is 0 Å². The van der Waals surface area contributed by atoms with Gasteiger partial charge in [-0.05, 0) is 25.1 Å². The summed E-state index contributed by atoms with van der Waals surface area (Å²) in [5.41, 5.74) is 2.92. The molecule has 0 aliphatic carbocycles. The second kappa shape index (κ2) is 6.89. The Morgan fingerprint density at radius 1 is 1.00 bits per heavy atom. The van der Waals surface area contributed by atoms with E-state index in [0.717, 1.165) is 22.0 Å². The van der Waals surface area contributed by atoms with Crippen molar-refractivity contribution in [2.24, 2.45) is 0 Å². The van der Waals surface area contributed by atoms with Crippen molar-refractivity contribution in [2.75, 3.05) is 5.32 Å². The molecule has 7 heteroatoms. The lowest BCUT2D eigenvalue weighted by Crippen LogP contribution is -2.16. The first-order chi connectivity index (χ1) is 12.7. The van der Waals surface area contributed by atoms with Crippen molar-refractivity contribution >= 4 is 22.4 Å². The Labute approximate surface area is 154 Å². The number of hydrogen-bond acceptors (Lipinski definition) is 5. The molecule has 0 aliphatic heterocycles. The van der Waals surface area contributed by atoms with E-state index in [0.29, 0.717) is 10.8 Å². The van der Waals surface area contributed by atoms with E-state index in [1.165, 1.54) is 11.3 Å². The number of amides is 1. The predicted octanol–water partition coefficient (Wildman–Crippen LogP) is 3.95. The second-order valence-corrected chi connectivity index (χ2v) is 6.79. The molecule has 1 N–H and O–H groups in total. The largest absolute Gasteiger partial charge is 0.295 e. The number of nitrogens with one attached hydrogen (secondary N) is 1. The second-order valence-electron chi connectivity index (χ2n) is 5.61. The Morgan fingerprint density at radius 2 is 1.69 bits per heavy atom. The number of aryl methyl sites for hydroxylation is 1. The number of nitrogens with zero attached hydrogens (tertiary/aromatic N) is 4. The average Bonchev–Trinajstić information content (AvgIpc) is 3.30. The van der Waals surface area contributed by atoms with Gasteiger partial charge >= 0.3 is 0 Å². The van der Waals surface area contributed by atoms with E-state index >= 15 is 0 Å². The fraction of sp³-hybridized carbons (Fsp3) is 0.0526. The summed E-state index contributed by atoms with van der Waals surface area (Å²) in [6.07, 6.45) is 0. The van der Waals surface area contributed by atoms with E-state index in [2.05, 4.69) is 20.6 Å². The van der Waals surface area contributed by atoms with Crippen LogP contribution in [0, 0.1) is 6.92 Å². The van der Waals surface area contributed by atoms with Crippen LogP contribution in [0.3, 0.4) is 0 Å². The van der Waals surface area contributed by atoms with Gasteiger partial charge in [0, 0.05) is 5.56 Å². The van der Waals surface area contributed by atoms with E-state index in [9.17, 15) is 4.79 Å². The molecule has 6 nitrogen and oxygen atoms in total. The molecule has 0 bridgehead atoms. The molecule has 2 aromatic carbocycles. The molecule has 128 valence electrons. The van der Waals surface area contributed by atoms with E-state index in [-0.39, 0.29) is 5.91 Å². The van der Waals surface area contributed by atoms with E-state index < -0.39 is 0 Å². The van der Waals surface area contributed by atoms with Crippen molar-refractivity contribution in [1.82, 2.24) is 20.0 Å². The van der Waals surface area contributed by atoms with Crippen LogP contribution >= 0.6 is 11.3 Å². The summed E-state index contributed by atoms with van der Waals surface area (Å²) >= 11 is 1.33. The molecule has 0 saturated carbocycles. The van der Waals surface area contributed by atoms with Gasteiger partial charge in [-0.15, -0.1) is 10.2 Å². The molecule has 0 spiro atoms. The van der Waals surface area contributed by atoms with Gasteiger partial charge < -0.3 is 0 Å². The molecule has 26 heavy (non-hydrogen) atoms. The highest BCUT2D eigenvalue weighted by atomic mass is 32.1. The fourth-order valence-electron chi connectivity index (χ4n) is 2.57. The quantitative estimate of drug-likeness (QED) is 0.597. The molecule has 0 unspecified atom stereocenters. The predicted molar refractivity (Wildman–Crippen MR) is 102 cm³/mol. The maximum absolute atomic E-state index is 12.8. The van der Waals surface area contributed by atoms with Gasteiger partial charge in [-0.3, -0.25) is 10.1 Å². The lowest BCUT2D eigenvalue weighted by Gasteiger charge is -2.06. The zero-order valence-corrected chi connectivity index (χ0v) is 14.8. The Hall–Kier alpha value is -3.32. The van der Waals surface area contributed by atoms with Gasteiger partial charge in [-0.2, -0.15) is 5.10 Å². The minimum Gasteiger partial charge on any atom is -0.295 e. The van der Waals surface area contributed by atoms with Gasteiger partial charge in [-0.1, -0.05) is 59.9 Å². The number of carbonyl (C=O) groups is 1. The minimum absolute atomic E-state index is 0.278. The van der Waals surface area contributed by atoms with Crippen LogP contribution < -0.4 is 5.32 Å². The summed E-state index contributed by atoms with van der Waals surface area (Å²) in [4.78, 5) is 12.8. The maximum atomic E-state index is 12.8. The highest BCUT2D eigenvalue weighted by Gasteiger charge is 2.18. The zero-order valence-electron chi connectivity index (χ0n) is 14.0. The van der Waals surface area contributed by atoms with Gasteiger partial charge in [0.2, 0.25) is 5.13 Å². The summed E-state index contributed by atoms with van der Waals surface area (Å²) in [5.74, 6) is -0.278. The Bertz CT molecular complexity index is 1040. The van der Waals surface area contributed by atoms with Crippen molar-refractivity contribution in [3.8, 4) is 16.9 Å². The van der Waals surface area contributed by atoms with E-state index in [1.54, 1.807) is 10.7 Å². The third-order valence-corrected chi connectivity index (χ3v) is 4.51. The van der Waals surface area contributed by atoms with Crippen LogP contribution in [0.5, 0.6) is 0 Å². The van der Waals surface area contributed by atoms with Gasteiger partial charge in [0.05, 0.1) is 11.4 Å². The van der Waals surface area contributed by atoms with Gasteiger partial charge in [-0.25, -0.2) is 4.68 Å². The number of benzene rings is 2. The van der Waals surface area contributed by atoms with Crippen molar-refractivity contribution in [1.29, 1.82) is 0 Å². The van der Waals surface area contributed by atoms with E-state index in [4.69, 9.17) is 0 Å². The minimum atomic E-state index is -0.278. The number of carbonyl (C=O) groups excluding carboxylic acids is 1. The lowest BCUT2D eigenvalue weighted by molar-refractivity contribution is 0.101. The Morgan fingerprint density at radius 3 is 2.35 bits per heavy atom. The van der Waals surface area contributed by atoms with Crippen LogP contribution in [0.4, 0.5) is 5.13 Å². The Balaban J connectivity index is 1.76. The van der Waals surface area contributed by atoms with Crippen LogP contribution in [-0.2, 0) is 0 Å². The average molecular weight is 361 g/mol. The van der Waals surface area contributed by atoms with Crippen molar-refractivity contribution in [2.45, 2.75) is 6.92 Å². The Kier molecular flexibility index (Phi) is 4.28. The molecule has 0 radical (unpaired) electrons. The molecule has 4 rings (SSSR count). The summed E-state index contributed by atoms with van der Waals surface area (Å²) in [6, 6.07) is 21.1. The van der Waals surface area contributed by atoms with Crippen LogP contribution in [0.15, 0.2) is 66.7 Å². The third kappa shape index (κ3) is 3.25. The first-order valence-corrected chi connectivity index (χ1v) is 8.85. The molecule has 4 aromatic rings. The third-order valence-electron chi connectivity index (χ3n) is 3.76. The molecule has 1 amide bonds. The monoisotopic (exact) mass is 361 g/mol. The molecule has 2 heterocycles. The number of hydrogen-bond donors (Lipinski definition) is 1. The topological polar surface area (TPSA) is 72.7 Å². The van der Waals surface area contributed by atoms with Crippen LogP contribution in [-0.4, -0.2) is 25.9 Å². The molecule has 0 aliphatic rings. The van der Waals surface area contributed by atoms with Gasteiger partial charge in [0.15, 0.2) is 0 Å². The normalized spacial score (nSPS) is 10.7. The highest BCUT2D eigenvalue weighted by molar-refractivity contribution is 7.15. The summed E-state index contributed by atoms with van der Waals surface area (Å²) in [7, 11) is 0. The SMILES string of the molecule is Cc1nnc(NC(=O)c2cc(-c3ccccc3)nn2-c2ccccc2)s1. The van der Waals surface area contributed by atoms with Crippen molar-refractivity contribution < 1.29 is 4.79 Å². The van der Waals surface area contributed by atoms with Crippen molar-refractivity contribution in [3.05, 3.63) is 77.4 Å². The fourth-order valence-corrected chi connectivity index (χ4v) is 3.15. The number of para-hydroxylation sites is 1. The molecule has 0 atom stereocenters. The van der Waals surface area contributed by atoms with E-state index in [1.807, 2.05) is 67.6 Å². The summed E-state index contributed by atoms with van der Waals surface area (Å²) in [6.45, 7) is 1.84. The zero-order chi connectivity index (χ0) is 17.9. The van der Waals surface area contributed by atoms with Crippen LogP contribution in [0.2, 0.25) is 0 Å². The lowest BCUT2D eigenvalue weighted by atomic mass is 10.1. The molecule has 2 aromatic heterocycles. The molecular weight excluding hydrogens is 346 g/mol. The maximum Gasteiger partial charge on any atom is 0.276 e. The first kappa shape index (κ1) is 16.2. The summed E-state index contributed by atoms with van der Waals surface area (Å²) in [5, 5.41) is 16.6. The molecular formula is C19H15N5OS. The number of rotatable bonds is 4. The van der Waals surface area contributed by atoms with Gasteiger partial charge in [0.1, 0.15) is 10.7 Å². The number of aromatic nitrogens is 4. The summed E-state index contributed by atoms with van der Waals surface area (Å²) < 4.78 is 1.64. The smallest absolute Gasteiger partial charge is 0.276 e. The van der Waals surface area contributed by atoms with Crippen LogP contribution in [0.1, 0.15) is 15.5 Å². The first-order valence-electron chi connectivity index (χ1n) is 8.03. The number of anilines is 1. The van der Waals surface area contributed by atoms with Crippen LogP contribution in [0.25, 0.3) is 16.9 Å². The van der Waals surface area contributed by atoms with Gasteiger partial charge in [0.25, 0.3) is 5.91 Å².